The van der Waals surface area contributed by atoms with E-state index in [9.17, 15) is 4.79 Å². The standard InChI is InChI=1S/C50H67F2N7O5Si/c1-31(2)65(32(3)4,33(5)6)22-15-38-41(51)14-11-34-23-37(63-30-61-10)24-39(42(34)38)44-43(52)45-40(25-54-44)46(58-26-35-12-13-36(27-58)59(35)48(60)64-49(7,8)9)56-47(55-45)62-29-50(16-17-50)28-57-20-18-53-19-21-57/h11,14,23-25,31-33,35-36,53H,12-13,16-21,26-30H2,1-10H3. The van der Waals surface area contributed by atoms with Crippen LogP contribution in [0.4, 0.5) is 19.4 Å². The fourth-order valence-corrected chi connectivity index (χ4v) is 16.0. The first-order valence-corrected chi connectivity index (χ1v) is 25.8. The molecule has 3 saturated heterocycles. The van der Waals surface area contributed by atoms with Crippen LogP contribution in [0, 0.1) is 28.5 Å². The lowest BCUT2D eigenvalue weighted by molar-refractivity contribution is 0.0122. The van der Waals surface area contributed by atoms with Crippen molar-refractivity contribution in [2.75, 3.05) is 71.2 Å². The number of fused-ring (bicyclic) bond motifs is 4. The molecule has 12 nitrogen and oxygen atoms in total. The zero-order valence-electron chi connectivity index (χ0n) is 39.9. The molecular formula is C50H67F2N7O5Si. The van der Waals surface area contributed by atoms with Crippen molar-refractivity contribution >= 4 is 41.7 Å². The Bertz CT molecular complexity index is 2440. The Morgan fingerprint density at radius 2 is 1.65 bits per heavy atom. The zero-order chi connectivity index (χ0) is 46.4. The summed E-state index contributed by atoms with van der Waals surface area (Å²) in [6.45, 7) is 25.0. The van der Waals surface area contributed by atoms with E-state index >= 15 is 8.78 Å². The van der Waals surface area contributed by atoms with Gasteiger partial charge >= 0.3 is 12.1 Å². The Balaban J connectivity index is 1.26. The molecule has 65 heavy (non-hydrogen) atoms. The molecule has 15 heteroatoms. The number of carbonyl (C=O) groups is 1. The summed E-state index contributed by atoms with van der Waals surface area (Å²) in [4.78, 5) is 34.6. The van der Waals surface area contributed by atoms with Crippen molar-refractivity contribution in [3.63, 3.8) is 0 Å². The fourth-order valence-electron chi connectivity index (χ4n) is 10.8. The van der Waals surface area contributed by atoms with Crippen LogP contribution in [-0.2, 0) is 9.47 Å². The summed E-state index contributed by atoms with van der Waals surface area (Å²) in [5.74, 6) is 3.07. The van der Waals surface area contributed by atoms with Crippen molar-refractivity contribution in [1.82, 2.24) is 30.1 Å². The smallest absolute Gasteiger partial charge is 0.410 e. The number of carbonyl (C=O) groups excluding carboxylic acids is 1. The molecule has 1 amide bonds. The molecule has 5 heterocycles. The molecule has 1 saturated carbocycles. The predicted molar refractivity (Wildman–Crippen MR) is 254 cm³/mol. The van der Waals surface area contributed by atoms with Crippen molar-refractivity contribution in [2.45, 2.75) is 122 Å². The van der Waals surface area contributed by atoms with E-state index in [0.29, 0.717) is 69.6 Å². The van der Waals surface area contributed by atoms with Crippen molar-refractivity contribution in [3.05, 3.63) is 47.7 Å². The summed E-state index contributed by atoms with van der Waals surface area (Å²) in [6.07, 6.45) is 4.96. The van der Waals surface area contributed by atoms with E-state index in [0.717, 1.165) is 58.4 Å². The third kappa shape index (κ3) is 9.51. The van der Waals surface area contributed by atoms with Crippen LogP contribution in [0.3, 0.4) is 0 Å². The maximum atomic E-state index is 17.9. The van der Waals surface area contributed by atoms with Crippen molar-refractivity contribution in [1.29, 1.82) is 0 Å². The van der Waals surface area contributed by atoms with Gasteiger partial charge in [-0.25, -0.2) is 13.6 Å². The lowest BCUT2D eigenvalue weighted by Gasteiger charge is -2.42. The summed E-state index contributed by atoms with van der Waals surface area (Å²) < 4.78 is 57.9. The van der Waals surface area contributed by atoms with Crippen LogP contribution in [-0.4, -0.2) is 123 Å². The molecule has 2 aromatic heterocycles. The van der Waals surface area contributed by atoms with Crippen molar-refractivity contribution < 1.29 is 32.5 Å². The van der Waals surface area contributed by atoms with E-state index in [4.69, 9.17) is 33.9 Å². The minimum Gasteiger partial charge on any atom is -0.468 e. The maximum Gasteiger partial charge on any atom is 0.410 e. The topological polar surface area (TPSA) is 114 Å². The highest BCUT2D eigenvalue weighted by Crippen LogP contribution is 2.47. The van der Waals surface area contributed by atoms with E-state index in [1.54, 1.807) is 24.4 Å². The number of anilines is 1. The summed E-state index contributed by atoms with van der Waals surface area (Å²) >= 11 is 0. The van der Waals surface area contributed by atoms with Crippen LogP contribution in [0.2, 0.25) is 16.6 Å². The number of aromatic nitrogens is 3. The average Bonchev–Trinajstić information content (AvgIpc) is 3.96. The van der Waals surface area contributed by atoms with Crippen LogP contribution in [0.1, 0.15) is 93.6 Å². The monoisotopic (exact) mass is 911 g/mol. The lowest BCUT2D eigenvalue weighted by Crippen LogP contribution is -2.57. The highest BCUT2D eigenvalue weighted by Gasteiger charge is 2.47. The van der Waals surface area contributed by atoms with Gasteiger partial charge in [0.05, 0.1) is 29.6 Å². The van der Waals surface area contributed by atoms with Gasteiger partial charge in [0.15, 0.2) is 12.6 Å². The number of amides is 1. The van der Waals surface area contributed by atoms with Gasteiger partial charge in [0.1, 0.15) is 42.3 Å². The molecule has 4 fully saturated rings. The number of hydrogen-bond acceptors (Lipinski definition) is 11. The molecular weight excluding hydrogens is 845 g/mol. The predicted octanol–water partition coefficient (Wildman–Crippen LogP) is 9.33. The van der Waals surface area contributed by atoms with Crippen LogP contribution in [0.15, 0.2) is 30.5 Å². The van der Waals surface area contributed by atoms with E-state index in [2.05, 4.69) is 68.1 Å². The Labute approximate surface area is 384 Å². The maximum absolute atomic E-state index is 17.9. The summed E-state index contributed by atoms with van der Waals surface area (Å²) in [5.41, 5.74) is 4.52. The number of halogens is 2. The van der Waals surface area contributed by atoms with Gasteiger partial charge in [0, 0.05) is 75.5 Å². The second-order valence-electron chi connectivity index (χ2n) is 20.7. The molecule has 2 atom stereocenters. The number of piperazine rings is 2. The molecule has 4 aliphatic rings. The fraction of sp³-hybridized carbons (Fsp3) is 0.600. The molecule has 0 spiro atoms. The summed E-state index contributed by atoms with van der Waals surface area (Å²) in [5, 5.41) is 4.91. The second kappa shape index (κ2) is 18.6. The number of pyridine rings is 1. The number of nitrogens with zero attached hydrogens (tertiary/aromatic N) is 6. The van der Waals surface area contributed by atoms with Gasteiger partial charge in [-0.05, 0) is 86.7 Å². The molecule has 4 aromatic rings. The van der Waals surface area contributed by atoms with Crippen LogP contribution in [0.25, 0.3) is 32.9 Å². The first-order chi connectivity index (χ1) is 30.9. The van der Waals surface area contributed by atoms with Gasteiger partial charge < -0.3 is 34.1 Å². The highest BCUT2D eigenvalue weighted by molar-refractivity contribution is 6.90. The third-order valence-corrected chi connectivity index (χ3v) is 20.5. The number of rotatable bonds is 13. The second-order valence-corrected chi connectivity index (χ2v) is 26.3. The minimum absolute atomic E-state index is 0.0260. The molecule has 2 unspecified atom stereocenters. The number of nitrogens with one attached hydrogen (secondary N) is 1. The molecule has 1 N–H and O–H groups in total. The van der Waals surface area contributed by atoms with Gasteiger partial charge in [-0.2, -0.15) is 9.97 Å². The van der Waals surface area contributed by atoms with Gasteiger partial charge in [-0.15, -0.1) is 5.54 Å². The quantitative estimate of drug-likeness (QED) is 0.0787. The van der Waals surface area contributed by atoms with Gasteiger partial charge in [-0.1, -0.05) is 53.5 Å². The molecule has 1 aliphatic carbocycles. The van der Waals surface area contributed by atoms with E-state index in [1.165, 1.54) is 13.2 Å². The minimum atomic E-state index is -2.31. The van der Waals surface area contributed by atoms with Crippen LogP contribution < -0.4 is 19.7 Å². The molecule has 350 valence electrons. The number of ether oxygens (including phenoxy) is 4. The first kappa shape index (κ1) is 46.9. The SMILES string of the molecule is COCOc1cc(-c2ncc3c(N4CC5CCC(C4)N5C(=O)OC(C)(C)C)nc(OCC4(CN5CCNCC5)CC4)nc3c2F)c2c(C#C[Si](C(C)C)(C(C)C)C(C)C)c(F)ccc2c1. The Kier molecular flexibility index (Phi) is 13.4. The number of methoxy groups -OCH3 is 1. The van der Waals surface area contributed by atoms with Crippen molar-refractivity contribution in [2.24, 2.45) is 5.41 Å². The highest BCUT2D eigenvalue weighted by atomic mass is 28.3. The third-order valence-electron chi connectivity index (χ3n) is 14.2. The average molecular weight is 912 g/mol. The van der Waals surface area contributed by atoms with E-state index in [-0.39, 0.29) is 53.2 Å². The van der Waals surface area contributed by atoms with E-state index < -0.39 is 25.3 Å². The normalized spacial score (nSPS) is 19.9. The largest absolute Gasteiger partial charge is 0.468 e. The summed E-state index contributed by atoms with van der Waals surface area (Å²) in [6, 6.07) is 6.39. The molecule has 8 rings (SSSR count). The van der Waals surface area contributed by atoms with Crippen LogP contribution in [0.5, 0.6) is 11.8 Å². The number of hydrogen-bond donors (Lipinski definition) is 1. The molecule has 0 radical (unpaired) electrons. The Morgan fingerprint density at radius 3 is 2.26 bits per heavy atom. The molecule has 3 aliphatic heterocycles. The van der Waals surface area contributed by atoms with Gasteiger partial charge in [0.25, 0.3) is 0 Å². The molecule has 2 aromatic carbocycles. The van der Waals surface area contributed by atoms with Crippen LogP contribution >= 0.6 is 0 Å². The van der Waals surface area contributed by atoms with Crippen molar-refractivity contribution in [3.8, 4) is 34.5 Å². The first-order valence-electron chi connectivity index (χ1n) is 23.5. The Hall–Kier alpha value is -4.62. The van der Waals surface area contributed by atoms with Gasteiger partial charge in [0.2, 0.25) is 0 Å². The number of benzene rings is 2. The lowest BCUT2D eigenvalue weighted by atomic mass is 9.95. The zero-order valence-corrected chi connectivity index (χ0v) is 40.9. The summed E-state index contributed by atoms with van der Waals surface area (Å²) in [7, 11) is -0.780. The molecule has 2 bridgehead atoms. The Morgan fingerprint density at radius 1 is 0.969 bits per heavy atom. The van der Waals surface area contributed by atoms with Gasteiger partial charge in [-0.3, -0.25) is 9.88 Å². The van der Waals surface area contributed by atoms with E-state index in [1.807, 2.05) is 25.7 Å².